The summed E-state index contributed by atoms with van der Waals surface area (Å²) in [4.78, 5) is 7.44. The topological polar surface area (TPSA) is 29.3 Å². The van der Waals surface area contributed by atoms with Crippen LogP contribution in [0.15, 0.2) is 186 Å². The molecule has 1 aromatic heterocycles. The highest BCUT2D eigenvalue weighted by atomic mass is 16.3. The highest BCUT2D eigenvalue weighted by Gasteiger charge is 2.35. The lowest BCUT2D eigenvalue weighted by atomic mass is 9.82. The van der Waals surface area contributed by atoms with E-state index in [2.05, 4.69) is 170 Å². The van der Waals surface area contributed by atoms with Gasteiger partial charge in [0.05, 0.1) is 0 Å². The van der Waals surface area contributed by atoms with Crippen LogP contribution in [0, 0.1) is 0 Å². The molecule has 0 radical (unpaired) electrons. The van der Waals surface area contributed by atoms with Gasteiger partial charge in [-0.25, -0.2) is 4.98 Å². The van der Waals surface area contributed by atoms with E-state index < -0.39 is 0 Å². The van der Waals surface area contributed by atoms with Crippen LogP contribution in [0.3, 0.4) is 0 Å². The molecule has 0 unspecified atom stereocenters. The van der Waals surface area contributed by atoms with Gasteiger partial charge in [0.1, 0.15) is 5.52 Å². The normalized spacial score (nSPS) is 13.1. The molecular formula is C52H36N2O. The van der Waals surface area contributed by atoms with Crippen LogP contribution >= 0.6 is 0 Å². The average Bonchev–Trinajstić information content (AvgIpc) is 3.79. The van der Waals surface area contributed by atoms with Crippen LogP contribution in [-0.2, 0) is 5.41 Å². The number of hydrogen-bond donors (Lipinski definition) is 0. The van der Waals surface area contributed by atoms with Gasteiger partial charge in [-0.1, -0.05) is 141 Å². The predicted octanol–water partition coefficient (Wildman–Crippen LogP) is 14.4. The van der Waals surface area contributed by atoms with Gasteiger partial charge < -0.3 is 9.32 Å². The highest BCUT2D eigenvalue weighted by molar-refractivity contribution is 6.23. The maximum atomic E-state index is 6.46. The number of benzene rings is 9. The molecule has 9 aromatic carbocycles. The molecule has 3 nitrogen and oxygen atoms in total. The second-order valence-electron chi connectivity index (χ2n) is 15.2. The SMILES string of the molecule is CC1(C)c2ccccc2-c2ccc(N(c3ccc(-c4ccc5c(c4)c4ccccc4c4oc(-c6ccccc6)nc54)cc3)c3ccc4ccccc4c3)cc21. The van der Waals surface area contributed by atoms with Crippen molar-refractivity contribution in [2.75, 3.05) is 4.90 Å². The molecule has 0 amide bonds. The standard InChI is InChI=1S/C52H36N2O/c1-52(2)47-19-11-10-17-42(47)43-29-27-40(32-48(43)52)54(39-26-22-33-12-6-7-15-36(33)30-39)38-24-20-34(21-25-38)37-23-28-44-46(31-37)41-16-8-9-18-45(41)50-49(44)53-51(55-50)35-13-4-3-5-14-35/h3-32H,1-2H3. The Bertz CT molecular complexity index is 3120. The molecule has 1 aliphatic rings. The molecule has 260 valence electrons. The fourth-order valence-electron chi connectivity index (χ4n) is 8.86. The van der Waals surface area contributed by atoms with Gasteiger partial charge in [-0.05, 0) is 110 Å². The van der Waals surface area contributed by atoms with E-state index in [4.69, 9.17) is 9.40 Å². The number of nitrogens with zero attached hydrogens (tertiary/aromatic N) is 2. The Labute approximate surface area is 319 Å². The van der Waals surface area contributed by atoms with Gasteiger partial charge in [0.25, 0.3) is 0 Å². The summed E-state index contributed by atoms with van der Waals surface area (Å²) in [5.74, 6) is 0.639. The van der Waals surface area contributed by atoms with Crippen LogP contribution in [0.25, 0.3) is 77.1 Å². The van der Waals surface area contributed by atoms with Crippen molar-refractivity contribution in [3.05, 3.63) is 193 Å². The van der Waals surface area contributed by atoms with Gasteiger partial charge >= 0.3 is 0 Å². The first-order valence-corrected chi connectivity index (χ1v) is 19.0. The quantitative estimate of drug-likeness (QED) is 0.167. The molecule has 1 heterocycles. The predicted molar refractivity (Wildman–Crippen MR) is 230 cm³/mol. The molecule has 0 atom stereocenters. The summed E-state index contributed by atoms with van der Waals surface area (Å²) >= 11 is 0. The van der Waals surface area contributed by atoms with E-state index in [1.54, 1.807) is 0 Å². The average molecular weight is 705 g/mol. The van der Waals surface area contributed by atoms with Crippen LogP contribution in [0.2, 0.25) is 0 Å². The molecule has 0 saturated carbocycles. The smallest absolute Gasteiger partial charge is 0.227 e. The van der Waals surface area contributed by atoms with E-state index in [-0.39, 0.29) is 5.41 Å². The van der Waals surface area contributed by atoms with Crippen LogP contribution in [0.4, 0.5) is 17.1 Å². The van der Waals surface area contributed by atoms with Gasteiger partial charge in [0, 0.05) is 38.8 Å². The van der Waals surface area contributed by atoms with Gasteiger partial charge in [0.15, 0.2) is 5.58 Å². The number of rotatable bonds is 5. The monoisotopic (exact) mass is 704 g/mol. The van der Waals surface area contributed by atoms with Crippen molar-refractivity contribution in [3.63, 3.8) is 0 Å². The van der Waals surface area contributed by atoms with E-state index >= 15 is 0 Å². The molecule has 0 fully saturated rings. The summed E-state index contributed by atoms with van der Waals surface area (Å²) in [5.41, 5.74) is 13.7. The fraction of sp³-hybridized carbons (Fsp3) is 0.0577. The zero-order valence-electron chi connectivity index (χ0n) is 30.6. The van der Waals surface area contributed by atoms with Crippen molar-refractivity contribution in [2.45, 2.75) is 19.3 Å². The number of aromatic nitrogens is 1. The Balaban J connectivity index is 1.03. The van der Waals surface area contributed by atoms with E-state index in [1.807, 2.05) is 30.3 Å². The first-order valence-electron chi connectivity index (χ1n) is 19.0. The lowest BCUT2D eigenvalue weighted by Crippen LogP contribution is -2.16. The minimum atomic E-state index is -0.0955. The van der Waals surface area contributed by atoms with Crippen LogP contribution in [0.5, 0.6) is 0 Å². The Morgan fingerprint density at radius 1 is 0.436 bits per heavy atom. The van der Waals surface area contributed by atoms with E-state index in [0.29, 0.717) is 5.89 Å². The summed E-state index contributed by atoms with van der Waals surface area (Å²) in [6.45, 7) is 4.69. The van der Waals surface area contributed by atoms with Crippen molar-refractivity contribution >= 4 is 60.5 Å². The molecule has 0 N–H and O–H groups in total. The van der Waals surface area contributed by atoms with Crippen LogP contribution < -0.4 is 4.90 Å². The van der Waals surface area contributed by atoms with E-state index in [9.17, 15) is 0 Å². The number of fused-ring (bicyclic) bond motifs is 10. The van der Waals surface area contributed by atoms with Gasteiger partial charge in [-0.15, -0.1) is 0 Å². The van der Waals surface area contributed by atoms with Gasteiger partial charge in [-0.3, -0.25) is 0 Å². The third kappa shape index (κ3) is 4.93. The largest absolute Gasteiger partial charge is 0.435 e. The molecule has 1 aliphatic carbocycles. The first-order chi connectivity index (χ1) is 27.0. The molecular weight excluding hydrogens is 669 g/mol. The second-order valence-corrected chi connectivity index (χ2v) is 15.2. The van der Waals surface area contributed by atoms with Gasteiger partial charge in [0.2, 0.25) is 5.89 Å². The fourth-order valence-corrected chi connectivity index (χ4v) is 8.86. The molecule has 0 saturated heterocycles. The molecule has 0 spiro atoms. The summed E-state index contributed by atoms with van der Waals surface area (Å²) in [6, 6.07) is 65.6. The summed E-state index contributed by atoms with van der Waals surface area (Å²) in [7, 11) is 0. The van der Waals surface area contributed by atoms with Crippen molar-refractivity contribution in [2.24, 2.45) is 0 Å². The number of oxazole rings is 1. The zero-order valence-corrected chi connectivity index (χ0v) is 30.6. The minimum absolute atomic E-state index is 0.0955. The molecule has 3 heteroatoms. The van der Waals surface area contributed by atoms with Crippen LogP contribution in [0.1, 0.15) is 25.0 Å². The first kappa shape index (κ1) is 31.5. The van der Waals surface area contributed by atoms with Gasteiger partial charge in [-0.2, -0.15) is 0 Å². The zero-order chi connectivity index (χ0) is 36.7. The molecule has 10 aromatic rings. The second kappa shape index (κ2) is 12.0. The van der Waals surface area contributed by atoms with E-state index in [1.165, 1.54) is 33.0 Å². The number of hydrogen-bond acceptors (Lipinski definition) is 3. The molecule has 11 rings (SSSR count). The lowest BCUT2D eigenvalue weighted by Gasteiger charge is -2.28. The minimum Gasteiger partial charge on any atom is -0.435 e. The van der Waals surface area contributed by atoms with Crippen molar-refractivity contribution < 1.29 is 4.42 Å². The maximum absolute atomic E-state index is 6.46. The Morgan fingerprint density at radius 3 is 1.95 bits per heavy atom. The molecule has 0 bridgehead atoms. The summed E-state index contributed by atoms with van der Waals surface area (Å²) in [6.07, 6.45) is 0. The third-order valence-electron chi connectivity index (χ3n) is 11.7. The number of anilines is 3. The highest BCUT2D eigenvalue weighted by Crippen LogP contribution is 2.51. The van der Waals surface area contributed by atoms with E-state index in [0.717, 1.165) is 66.4 Å². The summed E-state index contributed by atoms with van der Waals surface area (Å²) < 4.78 is 6.46. The van der Waals surface area contributed by atoms with Crippen molar-refractivity contribution in [3.8, 4) is 33.7 Å². The Morgan fingerprint density at radius 2 is 1.09 bits per heavy atom. The van der Waals surface area contributed by atoms with Crippen molar-refractivity contribution in [1.82, 2.24) is 4.98 Å². The lowest BCUT2D eigenvalue weighted by molar-refractivity contribution is 0.623. The summed E-state index contributed by atoms with van der Waals surface area (Å²) in [5, 5.41) is 6.93. The van der Waals surface area contributed by atoms with Crippen LogP contribution in [-0.4, -0.2) is 4.98 Å². The third-order valence-corrected chi connectivity index (χ3v) is 11.7. The Hall–Kier alpha value is -6.97. The molecule has 55 heavy (non-hydrogen) atoms. The maximum Gasteiger partial charge on any atom is 0.227 e. The molecule has 0 aliphatic heterocycles. The Kier molecular flexibility index (Phi) is 6.90. The van der Waals surface area contributed by atoms with Crippen molar-refractivity contribution in [1.29, 1.82) is 0 Å².